The van der Waals surface area contributed by atoms with E-state index in [1.54, 1.807) is 12.5 Å². The fourth-order valence-corrected chi connectivity index (χ4v) is 2.68. The number of aromatic nitrogens is 2. The lowest BCUT2D eigenvalue weighted by Crippen LogP contribution is -2.57. The third-order valence-corrected chi connectivity index (χ3v) is 4.25. The molecule has 112 valence electrons. The van der Waals surface area contributed by atoms with Crippen molar-refractivity contribution < 1.29 is 4.79 Å². The van der Waals surface area contributed by atoms with Crippen LogP contribution in [-0.2, 0) is 11.3 Å². The zero-order valence-electron chi connectivity index (χ0n) is 12.7. The summed E-state index contributed by atoms with van der Waals surface area (Å²) in [6.07, 6.45) is 9.12. The summed E-state index contributed by atoms with van der Waals surface area (Å²) in [5, 5.41) is 3.17. The van der Waals surface area contributed by atoms with E-state index in [4.69, 9.17) is 5.73 Å². The Balaban J connectivity index is 2.06. The zero-order chi connectivity index (χ0) is 14.8. The first-order valence-corrected chi connectivity index (χ1v) is 7.37. The smallest absolute Gasteiger partial charge is 0.240 e. The van der Waals surface area contributed by atoms with Crippen molar-refractivity contribution in [1.82, 2.24) is 14.9 Å². The number of rotatable bonds is 4. The molecule has 1 unspecified atom stereocenters. The summed E-state index contributed by atoms with van der Waals surface area (Å²) in [6, 6.07) is 0.0326. The van der Waals surface area contributed by atoms with E-state index in [-0.39, 0.29) is 17.4 Å². The summed E-state index contributed by atoms with van der Waals surface area (Å²) in [4.78, 5) is 16.5. The van der Waals surface area contributed by atoms with Crippen molar-refractivity contribution in [3.63, 3.8) is 0 Å². The summed E-state index contributed by atoms with van der Waals surface area (Å²) >= 11 is 0. The van der Waals surface area contributed by atoms with Gasteiger partial charge in [0.15, 0.2) is 0 Å². The Morgan fingerprint density at radius 3 is 2.60 bits per heavy atom. The molecule has 0 spiro atoms. The number of carbonyl (C=O) groups excluding carboxylic acids is 1. The summed E-state index contributed by atoms with van der Waals surface area (Å²) in [5.41, 5.74) is 5.54. The molecule has 0 saturated heterocycles. The molecule has 0 aromatic carbocycles. The van der Waals surface area contributed by atoms with Crippen LogP contribution < -0.4 is 11.1 Å². The number of nitrogens with one attached hydrogen (secondary N) is 1. The number of nitrogens with zero attached hydrogens (tertiary/aromatic N) is 2. The number of hydrogen-bond donors (Lipinski definition) is 2. The van der Waals surface area contributed by atoms with E-state index in [0.29, 0.717) is 6.54 Å². The Morgan fingerprint density at radius 1 is 1.45 bits per heavy atom. The Bertz CT molecular complexity index is 441. The molecular weight excluding hydrogens is 252 g/mol. The van der Waals surface area contributed by atoms with Crippen LogP contribution in [0.15, 0.2) is 18.7 Å². The van der Waals surface area contributed by atoms with Crippen molar-refractivity contribution in [1.29, 1.82) is 0 Å². The molecule has 1 amide bonds. The molecule has 1 aliphatic rings. The van der Waals surface area contributed by atoms with Crippen LogP contribution in [0.4, 0.5) is 0 Å². The first kappa shape index (κ1) is 15.0. The van der Waals surface area contributed by atoms with Gasteiger partial charge in [0.05, 0.1) is 17.9 Å². The Hall–Kier alpha value is -1.36. The van der Waals surface area contributed by atoms with E-state index >= 15 is 0 Å². The van der Waals surface area contributed by atoms with Crippen molar-refractivity contribution in [3.8, 4) is 0 Å². The van der Waals surface area contributed by atoms with Crippen molar-refractivity contribution in [2.75, 3.05) is 0 Å². The van der Waals surface area contributed by atoms with Crippen LogP contribution in [0.25, 0.3) is 0 Å². The van der Waals surface area contributed by atoms with Crippen LogP contribution in [0.5, 0.6) is 0 Å². The van der Waals surface area contributed by atoms with E-state index in [2.05, 4.69) is 31.1 Å². The number of imidazole rings is 1. The third kappa shape index (κ3) is 3.39. The van der Waals surface area contributed by atoms with Gasteiger partial charge in [-0.3, -0.25) is 4.79 Å². The molecule has 5 nitrogen and oxygen atoms in total. The highest BCUT2D eigenvalue weighted by atomic mass is 16.2. The van der Waals surface area contributed by atoms with Gasteiger partial charge in [0, 0.05) is 18.9 Å². The van der Waals surface area contributed by atoms with E-state index in [1.165, 1.54) is 0 Å². The number of carbonyl (C=O) groups is 1. The molecule has 2 rings (SSSR count). The molecule has 1 saturated carbocycles. The van der Waals surface area contributed by atoms with Gasteiger partial charge < -0.3 is 15.6 Å². The Morgan fingerprint density at radius 2 is 2.10 bits per heavy atom. The number of amides is 1. The molecule has 1 aromatic rings. The molecule has 20 heavy (non-hydrogen) atoms. The van der Waals surface area contributed by atoms with Crippen molar-refractivity contribution in [2.24, 2.45) is 11.1 Å². The van der Waals surface area contributed by atoms with E-state index in [1.807, 2.05) is 10.8 Å². The second-order valence-corrected chi connectivity index (χ2v) is 7.01. The molecule has 1 atom stereocenters. The Labute approximate surface area is 120 Å². The van der Waals surface area contributed by atoms with Crippen LogP contribution in [0.1, 0.15) is 46.5 Å². The molecule has 1 fully saturated rings. The summed E-state index contributed by atoms with van der Waals surface area (Å²) in [5.74, 6) is -0.00459. The van der Waals surface area contributed by atoms with Crippen LogP contribution in [0, 0.1) is 5.41 Å². The molecule has 1 aromatic heterocycles. The maximum atomic E-state index is 12.5. The minimum Gasteiger partial charge on any atom is -0.349 e. The lowest BCUT2D eigenvalue weighted by atomic mass is 9.85. The van der Waals surface area contributed by atoms with Gasteiger partial charge in [0.25, 0.3) is 0 Å². The van der Waals surface area contributed by atoms with Gasteiger partial charge in [-0.25, -0.2) is 4.98 Å². The molecule has 0 bridgehead atoms. The molecule has 3 N–H and O–H groups in total. The first-order valence-electron chi connectivity index (χ1n) is 7.37. The van der Waals surface area contributed by atoms with Crippen molar-refractivity contribution in [3.05, 3.63) is 18.7 Å². The zero-order valence-corrected chi connectivity index (χ0v) is 12.7. The van der Waals surface area contributed by atoms with Gasteiger partial charge in [0.1, 0.15) is 0 Å². The largest absolute Gasteiger partial charge is 0.349 e. The topological polar surface area (TPSA) is 72.9 Å². The fourth-order valence-electron chi connectivity index (χ4n) is 2.68. The average molecular weight is 278 g/mol. The van der Waals surface area contributed by atoms with Crippen LogP contribution in [-0.4, -0.2) is 27.0 Å². The number of hydrogen-bond acceptors (Lipinski definition) is 3. The summed E-state index contributed by atoms with van der Waals surface area (Å²) in [7, 11) is 0. The first-order chi connectivity index (χ1) is 9.31. The summed E-state index contributed by atoms with van der Waals surface area (Å²) < 4.78 is 1.99. The predicted octanol–water partition coefficient (Wildman–Crippen LogP) is 1.69. The standard InChI is InChI=1S/C15H26N4O/c1-14(2,3)12(10-19-9-8-17-11-19)18-13(20)15(16)6-4-5-7-15/h8-9,11-12H,4-7,10,16H2,1-3H3,(H,18,20). The van der Waals surface area contributed by atoms with Crippen LogP contribution >= 0.6 is 0 Å². The van der Waals surface area contributed by atoms with Crippen LogP contribution in [0.2, 0.25) is 0 Å². The predicted molar refractivity (Wildman–Crippen MR) is 79.0 cm³/mol. The van der Waals surface area contributed by atoms with E-state index in [9.17, 15) is 4.79 Å². The lowest BCUT2D eigenvalue weighted by Gasteiger charge is -2.34. The highest BCUT2D eigenvalue weighted by Crippen LogP contribution is 2.28. The van der Waals surface area contributed by atoms with Gasteiger partial charge in [-0.2, -0.15) is 0 Å². The van der Waals surface area contributed by atoms with Crippen molar-refractivity contribution >= 4 is 5.91 Å². The molecule has 0 radical (unpaired) electrons. The maximum Gasteiger partial charge on any atom is 0.240 e. The van der Waals surface area contributed by atoms with Gasteiger partial charge >= 0.3 is 0 Å². The minimum absolute atomic E-state index is 0.00459. The van der Waals surface area contributed by atoms with Gasteiger partial charge in [-0.15, -0.1) is 0 Å². The third-order valence-electron chi connectivity index (χ3n) is 4.25. The summed E-state index contributed by atoms with van der Waals surface area (Å²) in [6.45, 7) is 7.11. The number of nitrogens with two attached hydrogens (primary N) is 1. The maximum absolute atomic E-state index is 12.5. The van der Waals surface area contributed by atoms with Crippen LogP contribution in [0.3, 0.4) is 0 Å². The van der Waals surface area contributed by atoms with Crippen molar-refractivity contribution in [2.45, 2.75) is 64.6 Å². The SMILES string of the molecule is CC(C)(C)C(Cn1ccnc1)NC(=O)C1(N)CCCC1. The van der Waals surface area contributed by atoms with Gasteiger partial charge in [-0.1, -0.05) is 33.6 Å². The van der Waals surface area contributed by atoms with E-state index in [0.717, 1.165) is 25.7 Å². The molecule has 1 aliphatic carbocycles. The van der Waals surface area contributed by atoms with Gasteiger partial charge in [0.2, 0.25) is 5.91 Å². The molecule has 0 aliphatic heterocycles. The quantitative estimate of drug-likeness (QED) is 0.880. The monoisotopic (exact) mass is 278 g/mol. The minimum atomic E-state index is -0.668. The van der Waals surface area contributed by atoms with E-state index < -0.39 is 5.54 Å². The molecule has 1 heterocycles. The second-order valence-electron chi connectivity index (χ2n) is 7.01. The second kappa shape index (κ2) is 5.56. The highest BCUT2D eigenvalue weighted by Gasteiger charge is 2.39. The molecular formula is C15H26N4O. The highest BCUT2D eigenvalue weighted by molar-refractivity contribution is 5.86. The Kier molecular flexibility index (Phi) is 4.18. The molecule has 5 heteroatoms. The van der Waals surface area contributed by atoms with Gasteiger partial charge in [-0.05, 0) is 18.3 Å². The lowest BCUT2D eigenvalue weighted by molar-refractivity contribution is -0.127. The average Bonchev–Trinajstić information content (AvgIpc) is 2.99. The fraction of sp³-hybridized carbons (Fsp3) is 0.733. The normalized spacial score (nSPS) is 19.8.